The Kier molecular flexibility index (Phi) is 6.60. The summed E-state index contributed by atoms with van der Waals surface area (Å²) in [7, 11) is 0. The first kappa shape index (κ1) is 15.4. The van der Waals surface area contributed by atoms with E-state index in [2.05, 4.69) is 22.5 Å². The van der Waals surface area contributed by atoms with Gasteiger partial charge >= 0.3 is 0 Å². The van der Waals surface area contributed by atoms with Crippen LogP contribution >= 0.6 is 23.7 Å². The van der Waals surface area contributed by atoms with Crippen LogP contribution in [0.2, 0.25) is 0 Å². The number of halogens is 1. The summed E-state index contributed by atoms with van der Waals surface area (Å²) in [5.41, 5.74) is 0. The molecule has 2 N–H and O–H groups in total. The minimum absolute atomic E-state index is 0. The van der Waals surface area contributed by atoms with E-state index >= 15 is 0 Å². The zero-order chi connectivity index (χ0) is 12.1. The molecule has 1 aromatic heterocycles. The van der Waals surface area contributed by atoms with E-state index in [9.17, 15) is 4.79 Å². The number of rotatable bonds is 5. The lowest BCUT2D eigenvalue weighted by Crippen LogP contribution is -2.14. The van der Waals surface area contributed by atoms with Crippen molar-refractivity contribution < 1.29 is 4.79 Å². The van der Waals surface area contributed by atoms with Crippen LogP contribution in [0.15, 0.2) is 6.20 Å². The zero-order valence-corrected chi connectivity index (χ0v) is 12.2. The topological polar surface area (TPSA) is 54.0 Å². The number of aromatic nitrogens is 1. The Bertz CT molecular complexity index is 377. The number of nitrogens with one attached hydrogen (secondary N) is 2. The number of carbonyl (C=O) groups excluding carboxylic acids is 1. The molecule has 0 bridgehead atoms. The van der Waals surface area contributed by atoms with Crippen molar-refractivity contribution in [2.75, 3.05) is 18.4 Å². The van der Waals surface area contributed by atoms with Crippen LogP contribution in [-0.4, -0.2) is 24.0 Å². The molecular formula is C12H20ClN3OS. The third-order valence-corrected chi connectivity index (χ3v) is 4.15. The van der Waals surface area contributed by atoms with Gasteiger partial charge in [0.1, 0.15) is 0 Å². The van der Waals surface area contributed by atoms with Gasteiger partial charge in [0.25, 0.3) is 0 Å². The molecule has 2 heterocycles. The molecule has 102 valence electrons. The average molecular weight is 290 g/mol. The summed E-state index contributed by atoms with van der Waals surface area (Å²) < 4.78 is 0. The predicted octanol–water partition coefficient (Wildman–Crippen LogP) is 2.46. The maximum absolute atomic E-state index is 11.7. The van der Waals surface area contributed by atoms with Crippen LogP contribution in [0.1, 0.15) is 31.1 Å². The molecule has 1 aliphatic rings. The molecular weight excluding hydrogens is 270 g/mol. The number of aryl methyl sites for hydroxylation is 1. The summed E-state index contributed by atoms with van der Waals surface area (Å²) in [6.45, 7) is 4.25. The van der Waals surface area contributed by atoms with Crippen LogP contribution in [0.4, 0.5) is 5.13 Å². The van der Waals surface area contributed by atoms with Gasteiger partial charge in [-0.15, -0.1) is 23.7 Å². The number of hydrogen-bond acceptors (Lipinski definition) is 4. The molecule has 1 unspecified atom stereocenters. The molecule has 6 heteroatoms. The van der Waals surface area contributed by atoms with Gasteiger partial charge in [-0.3, -0.25) is 4.79 Å². The first-order valence-corrected chi connectivity index (χ1v) is 7.05. The molecule has 1 aliphatic heterocycles. The van der Waals surface area contributed by atoms with E-state index < -0.39 is 0 Å². The van der Waals surface area contributed by atoms with E-state index in [0.717, 1.165) is 31.1 Å². The lowest BCUT2D eigenvalue weighted by Gasteiger charge is -2.06. The smallest absolute Gasteiger partial charge is 0.226 e. The highest BCUT2D eigenvalue weighted by molar-refractivity contribution is 7.15. The van der Waals surface area contributed by atoms with Gasteiger partial charge in [0, 0.05) is 17.5 Å². The molecule has 1 fully saturated rings. The summed E-state index contributed by atoms with van der Waals surface area (Å²) in [5.74, 6) is 0.761. The highest BCUT2D eigenvalue weighted by Crippen LogP contribution is 2.19. The number of amides is 1. The Labute approximate surface area is 118 Å². The second-order valence-corrected chi connectivity index (χ2v) is 5.55. The molecule has 0 saturated carbocycles. The normalized spacial score (nSPS) is 18.4. The van der Waals surface area contributed by atoms with Crippen molar-refractivity contribution in [3.05, 3.63) is 11.1 Å². The highest BCUT2D eigenvalue weighted by atomic mass is 35.5. The average Bonchev–Trinajstić information content (AvgIpc) is 2.97. The van der Waals surface area contributed by atoms with E-state index in [1.807, 2.05) is 6.20 Å². The Balaban J connectivity index is 0.00000162. The molecule has 0 spiro atoms. The molecule has 1 amide bonds. The lowest BCUT2D eigenvalue weighted by molar-refractivity contribution is -0.116. The molecule has 0 aliphatic carbocycles. The molecule has 18 heavy (non-hydrogen) atoms. The molecule has 1 atom stereocenters. The fourth-order valence-corrected chi connectivity index (χ4v) is 2.77. The van der Waals surface area contributed by atoms with Gasteiger partial charge < -0.3 is 10.6 Å². The fraction of sp³-hybridized carbons (Fsp3) is 0.667. The Hall–Kier alpha value is -0.650. The third kappa shape index (κ3) is 4.55. The van der Waals surface area contributed by atoms with Gasteiger partial charge in [-0.05, 0) is 38.3 Å². The predicted molar refractivity (Wildman–Crippen MR) is 77.6 cm³/mol. The first-order valence-electron chi connectivity index (χ1n) is 6.23. The van der Waals surface area contributed by atoms with Crippen molar-refractivity contribution in [3.63, 3.8) is 0 Å². The van der Waals surface area contributed by atoms with Crippen molar-refractivity contribution in [2.24, 2.45) is 5.92 Å². The summed E-state index contributed by atoms with van der Waals surface area (Å²) >= 11 is 1.56. The molecule has 0 radical (unpaired) electrons. The largest absolute Gasteiger partial charge is 0.316 e. The van der Waals surface area contributed by atoms with Crippen molar-refractivity contribution in [2.45, 2.75) is 32.6 Å². The van der Waals surface area contributed by atoms with Gasteiger partial charge in [-0.1, -0.05) is 6.92 Å². The maximum atomic E-state index is 11.7. The maximum Gasteiger partial charge on any atom is 0.226 e. The Morgan fingerprint density at radius 3 is 3.11 bits per heavy atom. The lowest BCUT2D eigenvalue weighted by atomic mass is 10.0. The third-order valence-electron chi connectivity index (χ3n) is 3.09. The van der Waals surface area contributed by atoms with Gasteiger partial charge in [0.15, 0.2) is 5.13 Å². The first-order chi connectivity index (χ1) is 8.28. The summed E-state index contributed by atoms with van der Waals surface area (Å²) in [5, 5.41) is 6.92. The zero-order valence-electron chi connectivity index (χ0n) is 10.6. The van der Waals surface area contributed by atoms with E-state index in [4.69, 9.17) is 0 Å². The van der Waals surface area contributed by atoms with Gasteiger partial charge in [0.2, 0.25) is 5.91 Å². The Morgan fingerprint density at radius 2 is 2.50 bits per heavy atom. The van der Waals surface area contributed by atoms with Crippen LogP contribution in [-0.2, 0) is 11.2 Å². The van der Waals surface area contributed by atoms with Crippen molar-refractivity contribution in [1.29, 1.82) is 0 Å². The Morgan fingerprint density at radius 1 is 1.67 bits per heavy atom. The van der Waals surface area contributed by atoms with E-state index in [1.54, 1.807) is 11.3 Å². The van der Waals surface area contributed by atoms with Crippen molar-refractivity contribution in [1.82, 2.24) is 10.3 Å². The summed E-state index contributed by atoms with van der Waals surface area (Å²) in [4.78, 5) is 17.1. The monoisotopic (exact) mass is 289 g/mol. The van der Waals surface area contributed by atoms with Crippen molar-refractivity contribution >= 4 is 34.8 Å². The van der Waals surface area contributed by atoms with E-state index in [0.29, 0.717) is 12.3 Å². The van der Waals surface area contributed by atoms with Gasteiger partial charge in [-0.25, -0.2) is 4.98 Å². The minimum Gasteiger partial charge on any atom is -0.316 e. The van der Waals surface area contributed by atoms with Crippen LogP contribution in [0.3, 0.4) is 0 Å². The van der Waals surface area contributed by atoms with Crippen molar-refractivity contribution in [3.8, 4) is 0 Å². The number of carbonyl (C=O) groups is 1. The molecule has 2 rings (SSSR count). The number of nitrogens with zero attached hydrogens (tertiary/aromatic N) is 1. The summed E-state index contributed by atoms with van der Waals surface area (Å²) in [6.07, 6.45) is 5.59. The van der Waals surface area contributed by atoms with Gasteiger partial charge in [0.05, 0.1) is 0 Å². The number of anilines is 1. The highest BCUT2D eigenvalue weighted by Gasteiger charge is 2.16. The number of hydrogen-bond donors (Lipinski definition) is 2. The number of thiazole rings is 1. The molecule has 1 saturated heterocycles. The van der Waals surface area contributed by atoms with Crippen LogP contribution < -0.4 is 10.6 Å². The second-order valence-electron chi connectivity index (χ2n) is 4.43. The SMILES string of the molecule is CCc1cnc(NC(=O)CCC2CCNC2)s1.Cl. The van der Waals surface area contributed by atoms with Crippen LogP contribution in [0.5, 0.6) is 0 Å². The van der Waals surface area contributed by atoms with E-state index in [-0.39, 0.29) is 18.3 Å². The molecule has 4 nitrogen and oxygen atoms in total. The van der Waals surface area contributed by atoms with Crippen LogP contribution in [0.25, 0.3) is 0 Å². The standard InChI is InChI=1S/C12H19N3OS.ClH/c1-2-10-8-14-12(17-10)15-11(16)4-3-9-5-6-13-7-9;/h8-9,13H,2-7H2,1H3,(H,14,15,16);1H. The fourth-order valence-electron chi connectivity index (χ4n) is 2.01. The molecule has 1 aromatic rings. The minimum atomic E-state index is 0. The molecule has 0 aromatic carbocycles. The van der Waals surface area contributed by atoms with E-state index in [1.165, 1.54) is 11.3 Å². The summed E-state index contributed by atoms with van der Waals surface area (Å²) in [6, 6.07) is 0. The second kappa shape index (κ2) is 7.71. The quantitative estimate of drug-likeness (QED) is 0.875. The van der Waals surface area contributed by atoms with Crippen LogP contribution in [0, 0.1) is 5.92 Å². The van der Waals surface area contributed by atoms with Gasteiger partial charge in [-0.2, -0.15) is 0 Å².